The Morgan fingerprint density at radius 3 is 2.39 bits per heavy atom. The van der Waals surface area contributed by atoms with Crippen molar-refractivity contribution in [3.8, 4) is 5.75 Å². The van der Waals surface area contributed by atoms with Gasteiger partial charge in [0.1, 0.15) is 25.0 Å². The highest BCUT2D eigenvalue weighted by molar-refractivity contribution is 5.20. The van der Waals surface area contributed by atoms with E-state index in [4.69, 9.17) is 4.74 Å². The Morgan fingerprint density at radius 2 is 1.72 bits per heavy atom. The molecule has 0 aromatic heterocycles. The third-order valence-electron chi connectivity index (χ3n) is 3.52. The van der Waals surface area contributed by atoms with Gasteiger partial charge in [-0.05, 0) is 37.8 Å². The summed E-state index contributed by atoms with van der Waals surface area (Å²) in [5.41, 5.74) is 0. The molecule has 1 atom stereocenters. The average molecular weight is 250 g/mol. The number of hydrogen-bond acceptors (Lipinski definition) is 2. The normalized spacial score (nSPS) is 19.2. The zero-order valence-corrected chi connectivity index (χ0v) is 11.0. The molecule has 1 fully saturated rings. The second kappa shape index (κ2) is 7.39. The van der Waals surface area contributed by atoms with E-state index in [-0.39, 0.29) is 6.10 Å². The highest BCUT2D eigenvalue weighted by Crippen LogP contribution is 2.08. The SMILES string of the molecule is O[C@H](COc1ccccc1)C[NH+]1CCCCCC1. The molecular formula is C15H24NO2+. The van der Waals surface area contributed by atoms with E-state index in [2.05, 4.69) is 0 Å². The van der Waals surface area contributed by atoms with Crippen LogP contribution in [0.3, 0.4) is 0 Å². The lowest BCUT2D eigenvalue weighted by atomic mass is 10.2. The Labute approximate surface area is 109 Å². The summed E-state index contributed by atoms with van der Waals surface area (Å²) in [5.74, 6) is 0.836. The molecule has 3 heteroatoms. The molecule has 100 valence electrons. The Kier molecular flexibility index (Phi) is 5.49. The molecule has 2 N–H and O–H groups in total. The van der Waals surface area contributed by atoms with Crippen molar-refractivity contribution in [1.82, 2.24) is 0 Å². The Bertz CT molecular complexity index is 321. The number of quaternary nitrogens is 1. The lowest BCUT2D eigenvalue weighted by Gasteiger charge is -2.20. The number of rotatable bonds is 5. The maximum Gasteiger partial charge on any atom is 0.137 e. The third kappa shape index (κ3) is 4.67. The van der Waals surface area contributed by atoms with Gasteiger partial charge < -0.3 is 14.7 Å². The summed E-state index contributed by atoms with van der Waals surface area (Å²) in [6, 6.07) is 9.70. The molecule has 2 rings (SSSR count). The van der Waals surface area contributed by atoms with Crippen molar-refractivity contribution in [3.63, 3.8) is 0 Å². The van der Waals surface area contributed by atoms with Crippen molar-refractivity contribution in [2.75, 3.05) is 26.2 Å². The number of benzene rings is 1. The molecule has 0 unspecified atom stereocenters. The van der Waals surface area contributed by atoms with Gasteiger partial charge in [-0.1, -0.05) is 18.2 Å². The molecule has 1 aromatic carbocycles. The lowest BCUT2D eigenvalue weighted by molar-refractivity contribution is -0.902. The van der Waals surface area contributed by atoms with Crippen LogP contribution in [0.2, 0.25) is 0 Å². The van der Waals surface area contributed by atoms with Crippen molar-refractivity contribution in [1.29, 1.82) is 0 Å². The Morgan fingerprint density at radius 1 is 1.06 bits per heavy atom. The van der Waals surface area contributed by atoms with E-state index in [1.54, 1.807) is 0 Å². The Balaban J connectivity index is 1.69. The van der Waals surface area contributed by atoms with Gasteiger partial charge in [0.05, 0.1) is 13.1 Å². The molecular weight excluding hydrogens is 226 g/mol. The largest absolute Gasteiger partial charge is 0.491 e. The molecule has 0 radical (unpaired) electrons. The molecule has 1 saturated heterocycles. The number of aliphatic hydroxyl groups excluding tert-OH is 1. The first-order valence-corrected chi connectivity index (χ1v) is 7.04. The van der Waals surface area contributed by atoms with Crippen LogP contribution in [0, 0.1) is 0 Å². The fourth-order valence-electron chi connectivity index (χ4n) is 2.53. The van der Waals surface area contributed by atoms with Gasteiger partial charge in [0.25, 0.3) is 0 Å². The highest BCUT2D eigenvalue weighted by atomic mass is 16.5. The topological polar surface area (TPSA) is 33.9 Å². The molecule has 0 amide bonds. The van der Waals surface area contributed by atoms with Crippen LogP contribution in [0.4, 0.5) is 0 Å². The number of aliphatic hydroxyl groups is 1. The monoisotopic (exact) mass is 250 g/mol. The molecule has 1 aliphatic heterocycles. The zero-order valence-electron chi connectivity index (χ0n) is 11.0. The van der Waals surface area contributed by atoms with E-state index < -0.39 is 0 Å². The average Bonchev–Trinajstić information content (AvgIpc) is 2.66. The summed E-state index contributed by atoms with van der Waals surface area (Å²) in [7, 11) is 0. The van der Waals surface area contributed by atoms with Gasteiger partial charge in [-0.15, -0.1) is 0 Å². The van der Waals surface area contributed by atoms with Gasteiger partial charge in [0.2, 0.25) is 0 Å². The zero-order chi connectivity index (χ0) is 12.6. The van der Waals surface area contributed by atoms with Crippen LogP contribution in [-0.4, -0.2) is 37.5 Å². The minimum absolute atomic E-state index is 0.363. The van der Waals surface area contributed by atoms with E-state index in [1.807, 2.05) is 30.3 Å². The molecule has 1 aliphatic rings. The fraction of sp³-hybridized carbons (Fsp3) is 0.600. The first-order chi connectivity index (χ1) is 8.84. The van der Waals surface area contributed by atoms with Crippen molar-refractivity contribution in [3.05, 3.63) is 30.3 Å². The molecule has 0 saturated carbocycles. The van der Waals surface area contributed by atoms with Gasteiger partial charge in [-0.2, -0.15) is 0 Å². The first-order valence-electron chi connectivity index (χ1n) is 7.04. The molecule has 0 spiro atoms. The van der Waals surface area contributed by atoms with Crippen molar-refractivity contribution >= 4 is 0 Å². The standard InChI is InChI=1S/C15H23NO2/c17-14(12-16-10-6-1-2-7-11-16)13-18-15-8-4-3-5-9-15/h3-5,8-9,14,17H,1-2,6-7,10-13H2/p+1/t14-/m0/s1. The van der Waals surface area contributed by atoms with Gasteiger partial charge in [-0.25, -0.2) is 0 Å². The molecule has 0 aliphatic carbocycles. The van der Waals surface area contributed by atoms with Crippen LogP contribution in [0.1, 0.15) is 25.7 Å². The minimum Gasteiger partial charge on any atom is -0.491 e. The van der Waals surface area contributed by atoms with Crippen molar-refractivity contribution < 1.29 is 14.7 Å². The Hall–Kier alpha value is -1.06. The van der Waals surface area contributed by atoms with E-state index in [9.17, 15) is 5.11 Å². The lowest BCUT2D eigenvalue weighted by Crippen LogP contribution is -3.13. The first kappa shape index (κ1) is 13.4. The van der Waals surface area contributed by atoms with Gasteiger partial charge >= 0.3 is 0 Å². The second-order valence-electron chi connectivity index (χ2n) is 5.15. The molecule has 1 heterocycles. The number of likely N-dealkylation sites (tertiary alicyclic amines) is 1. The van der Waals surface area contributed by atoms with Crippen LogP contribution in [-0.2, 0) is 0 Å². The maximum atomic E-state index is 10.0. The molecule has 0 bridgehead atoms. The van der Waals surface area contributed by atoms with E-state index in [0.29, 0.717) is 6.61 Å². The number of ether oxygens (including phenoxy) is 1. The summed E-state index contributed by atoms with van der Waals surface area (Å²) < 4.78 is 5.58. The summed E-state index contributed by atoms with van der Waals surface area (Å²) in [6.07, 6.45) is 4.92. The molecule has 1 aromatic rings. The summed E-state index contributed by atoms with van der Waals surface area (Å²) in [5, 5.41) is 10.0. The number of hydrogen-bond donors (Lipinski definition) is 2. The smallest absolute Gasteiger partial charge is 0.137 e. The predicted molar refractivity (Wildman–Crippen MR) is 72.0 cm³/mol. The van der Waals surface area contributed by atoms with Crippen LogP contribution in [0.15, 0.2) is 30.3 Å². The van der Waals surface area contributed by atoms with Gasteiger partial charge in [0.15, 0.2) is 0 Å². The number of nitrogens with one attached hydrogen (secondary N) is 1. The van der Waals surface area contributed by atoms with E-state index >= 15 is 0 Å². The molecule has 18 heavy (non-hydrogen) atoms. The maximum absolute atomic E-state index is 10.0. The van der Waals surface area contributed by atoms with Gasteiger partial charge in [0, 0.05) is 0 Å². The highest BCUT2D eigenvalue weighted by Gasteiger charge is 2.17. The second-order valence-corrected chi connectivity index (χ2v) is 5.15. The summed E-state index contributed by atoms with van der Waals surface area (Å²) in [4.78, 5) is 1.52. The van der Waals surface area contributed by atoms with Crippen LogP contribution < -0.4 is 9.64 Å². The minimum atomic E-state index is -0.363. The van der Waals surface area contributed by atoms with Crippen molar-refractivity contribution in [2.45, 2.75) is 31.8 Å². The van der Waals surface area contributed by atoms with Crippen LogP contribution in [0.25, 0.3) is 0 Å². The van der Waals surface area contributed by atoms with E-state index in [0.717, 1.165) is 12.3 Å². The summed E-state index contributed by atoms with van der Waals surface area (Å²) in [6.45, 7) is 3.60. The number of para-hydroxylation sites is 1. The summed E-state index contributed by atoms with van der Waals surface area (Å²) >= 11 is 0. The van der Waals surface area contributed by atoms with Crippen LogP contribution in [0.5, 0.6) is 5.75 Å². The van der Waals surface area contributed by atoms with E-state index in [1.165, 1.54) is 43.7 Å². The predicted octanol–water partition coefficient (Wildman–Crippen LogP) is 0.885. The van der Waals surface area contributed by atoms with Gasteiger partial charge in [-0.3, -0.25) is 0 Å². The fourth-order valence-corrected chi connectivity index (χ4v) is 2.53. The molecule has 3 nitrogen and oxygen atoms in total. The third-order valence-corrected chi connectivity index (χ3v) is 3.52. The quantitative estimate of drug-likeness (QED) is 0.813. The van der Waals surface area contributed by atoms with Crippen LogP contribution >= 0.6 is 0 Å². The van der Waals surface area contributed by atoms with Crippen molar-refractivity contribution in [2.24, 2.45) is 0 Å².